The second-order valence-electron chi connectivity index (χ2n) is 10.2. The van der Waals surface area contributed by atoms with Gasteiger partial charge >= 0.3 is 0 Å². The lowest BCUT2D eigenvalue weighted by atomic mass is 9.73. The van der Waals surface area contributed by atoms with Gasteiger partial charge in [-0.15, -0.1) is 0 Å². The number of anilines is 1. The molecule has 170 valence electrons. The number of rotatable bonds is 4. The molecule has 0 unspecified atom stereocenters. The Morgan fingerprint density at radius 2 is 1.84 bits per heavy atom. The number of carbonyl (C=O) groups is 1. The van der Waals surface area contributed by atoms with Gasteiger partial charge in [0.25, 0.3) is 0 Å². The monoisotopic (exact) mass is 434 g/mol. The van der Waals surface area contributed by atoms with Crippen molar-refractivity contribution in [3.63, 3.8) is 0 Å². The molecule has 2 saturated heterocycles. The number of hydrogen-bond acceptors (Lipinski definition) is 6. The van der Waals surface area contributed by atoms with Gasteiger partial charge in [-0.1, -0.05) is 20.8 Å². The Kier molecular flexibility index (Phi) is 6.34. The highest BCUT2D eigenvalue weighted by Gasteiger charge is 2.39. The number of nitrogens with one attached hydrogen (secondary N) is 1. The van der Waals surface area contributed by atoms with Crippen molar-refractivity contribution in [3.05, 3.63) is 30.1 Å². The molecule has 1 aromatic carbocycles. The second kappa shape index (κ2) is 9.03. The smallest absolute Gasteiger partial charge is 0.226 e. The van der Waals surface area contributed by atoms with Gasteiger partial charge in [-0.2, -0.15) is 5.26 Å². The van der Waals surface area contributed by atoms with Crippen LogP contribution in [0.4, 0.5) is 5.69 Å². The van der Waals surface area contributed by atoms with E-state index in [0.717, 1.165) is 56.6 Å². The van der Waals surface area contributed by atoms with Crippen LogP contribution in [0, 0.1) is 28.6 Å². The van der Waals surface area contributed by atoms with Crippen molar-refractivity contribution in [3.8, 4) is 6.07 Å². The van der Waals surface area contributed by atoms with Gasteiger partial charge in [0.05, 0.1) is 11.3 Å². The Morgan fingerprint density at radius 3 is 2.53 bits per heavy atom. The van der Waals surface area contributed by atoms with Crippen molar-refractivity contribution < 1.29 is 4.79 Å². The summed E-state index contributed by atoms with van der Waals surface area (Å²) in [6.07, 6.45) is 6.40. The maximum atomic E-state index is 13.4. The van der Waals surface area contributed by atoms with Crippen LogP contribution in [0.25, 0.3) is 11.0 Å². The maximum absolute atomic E-state index is 13.4. The summed E-state index contributed by atoms with van der Waals surface area (Å²) in [6, 6.07) is 6.08. The molecule has 0 spiro atoms. The van der Waals surface area contributed by atoms with Crippen LogP contribution < -0.4 is 10.2 Å². The summed E-state index contributed by atoms with van der Waals surface area (Å²) in [5.74, 6) is 1.01. The van der Waals surface area contributed by atoms with E-state index in [2.05, 4.69) is 59.0 Å². The molecule has 0 aliphatic carbocycles. The van der Waals surface area contributed by atoms with Gasteiger partial charge < -0.3 is 15.1 Å². The lowest BCUT2D eigenvalue weighted by molar-refractivity contribution is -0.134. The fraction of sp³-hybridized carbons (Fsp3) is 0.600. The quantitative estimate of drug-likeness (QED) is 0.795. The van der Waals surface area contributed by atoms with Gasteiger partial charge in [0.2, 0.25) is 5.91 Å². The number of fused-ring (bicyclic) bond motifs is 1. The zero-order chi connectivity index (χ0) is 22.9. The van der Waals surface area contributed by atoms with Crippen LogP contribution in [0.15, 0.2) is 24.5 Å². The van der Waals surface area contributed by atoms with E-state index in [1.54, 1.807) is 12.4 Å². The zero-order valence-corrected chi connectivity index (χ0v) is 19.6. The van der Waals surface area contributed by atoms with Crippen molar-refractivity contribution in [1.29, 1.82) is 5.26 Å². The molecule has 2 fully saturated rings. The van der Waals surface area contributed by atoms with Crippen LogP contribution in [0.2, 0.25) is 0 Å². The fourth-order valence-electron chi connectivity index (χ4n) is 5.33. The molecule has 7 heteroatoms. The van der Waals surface area contributed by atoms with Gasteiger partial charge in [-0.25, -0.2) is 0 Å². The maximum Gasteiger partial charge on any atom is 0.226 e. The van der Waals surface area contributed by atoms with Crippen molar-refractivity contribution >= 4 is 22.6 Å². The topological polar surface area (TPSA) is 85.2 Å². The summed E-state index contributed by atoms with van der Waals surface area (Å²) < 4.78 is 0. The van der Waals surface area contributed by atoms with Gasteiger partial charge in [0.1, 0.15) is 17.1 Å². The molecule has 3 heterocycles. The standard InChI is InChI=1S/C25H34N6O/c1-17-13-20(29-24(32)25(2,3)19-7-11-30(4)12-8-19)16-31(15-17)21-6-5-18(14-26)22-23(21)28-10-9-27-22/h5-6,9-10,17,19-20H,7-8,11-13,15-16H2,1-4H3,(H,29,32)/t17-,20+/m0/s1. The van der Waals surface area contributed by atoms with Crippen molar-refractivity contribution in [2.75, 3.05) is 38.1 Å². The summed E-state index contributed by atoms with van der Waals surface area (Å²) >= 11 is 0. The van der Waals surface area contributed by atoms with Gasteiger partial charge in [-0.3, -0.25) is 14.8 Å². The molecule has 1 aromatic heterocycles. The third kappa shape index (κ3) is 4.42. The highest BCUT2D eigenvalue weighted by molar-refractivity contribution is 5.92. The normalized spacial score (nSPS) is 23.2. The van der Waals surface area contributed by atoms with Crippen LogP contribution in [0.1, 0.15) is 45.6 Å². The molecule has 7 nitrogen and oxygen atoms in total. The molecule has 2 aromatic rings. The Morgan fingerprint density at radius 1 is 1.16 bits per heavy atom. The van der Waals surface area contributed by atoms with Gasteiger partial charge in [-0.05, 0) is 63.4 Å². The average molecular weight is 435 g/mol. The Labute approximate surface area is 190 Å². The highest BCUT2D eigenvalue weighted by atomic mass is 16.2. The number of amides is 1. The third-order valence-corrected chi connectivity index (χ3v) is 7.38. The van der Waals surface area contributed by atoms with E-state index in [9.17, 15) is 10.1 Å². The van der Waals surface area contributed by atoms with E-state index in [4.69, 9.17) is 0 Å². The fourth-order valence-corrected chi connectivity index (χ4v) is 5.33. The largest absolute Gasteiger partial charge is 0.367 e. The number of benzene rings is 1. The van der Waals surface area contributed by atoms with E-state index >= 15 is 0 Å². The minimum atomic E-state index is -0.376. The molecule has 0 bridgehead atoms. The van der Waals surface area contributed by atoms with Crippen molar-refractivity contribution in [2.45, 2.75) is 46.1 Å². The average Bonchev–Trinajstić information content (AvgIpc) is 2.78. The predicted octanol–water partition coefficient (Wildman–Crippen LogP) is 3.20. The molecule has 1 N–H and O–H groups in total. The first-order valence-corrected chi connectivity index (χ1v) is 11.7. The SMILES string of the molecule is C[C@H]1C[C@@H](NC(=O)C(C)(C)C2CCN(C)CC2)CN(c2ccc(C#N)c3nccnc23)C1. The number of nitrogens with zero attached hydrogens (tertiary/aromatic N) is 5. The van der Waals surface area contributed by atoms with Crippen LogP contribution >= 0.6 is 0 Å². The third-order valence-electron chi connectivity index (χ3n) is 7.38. The Bertz CT molecular complexity index is 1020. The molecule has 2 atom stereocenters. The minimum Gasteiger partial charge on any atom is -0.367 e. The molecular weight excluding hydrogens is 400 g/mol. The van der Waals surface area contributed by atoms with E-state index < -0.39 is 0 Å². The summed E-state index contributed by atoms with van der Waals surface area (Å²) in [5.41, 5.74) is 2.52. The summed E-state index contributed by atoms with van der Waals surface area (Å²) in [7, 11) is 2.15. The number of nitriles is 1. The number of piperidine rings is 2. The Balaban J connectivity index is 1.51. The first kappa shape index (κ1) is 22.5. The number of hydrogen-bond donors (Lipinski definition) is 1. The molecule has 2 aliphatic heterocycles. The Hall–Kier alpha value is -2.72. The summed E-state index contributed by atoms with van der Waals surface area (Å²) in [4.78, 5) is 26.9. The number of aromatic nitrogens is 2. The highest BCUT2D eigenvalue weighted by Crippen LogP contribution is 2.36. The van der Waals surface area contributed by atoms with Gasteiger partial charge in [0.15, 0.2) is 0 Å². The van der Waals surface area contributed by atoms with Crippen LogP contribution in [-0.4, -0.2) is 60.0 Å². The molecule has 0 radical (unpaired) electrons. The van der Waals surface area contributed by atoms with E-state index in [-0.39, 0.29) is 17.4 Å². The summed E-state index contributed by atoms with van der Waals surface area (Å²) in [5, 5.41) is 12.8. The van der Waals surface area contributed by atoms with Crippen LogP contribution in [0.5, 0.6) is 0 Å². The lowest BCUT2D eigenvalue weighted by Crippen LogP contribution is -2.54. The molecular formula is C25H34N6O. The first-order chi connectivity index (χ1) is 15.3. The van der Waals surface area contributed by atoms with Crippen molar-refractivity contribution in [1.82, 2.24) is 20.2 Å². The van der Waals surface area contributed by atoms with E-state index in [1.165, 1.54) is 0 Å². The number of carbonyl (C=O) groups excluding carboxylic acids is 1. The first-order valence-electron chi connectivity index (χ1n) is 11.7. The van der Waals surface area contributed by atoms with Crippen LogP contribution in [-0.2, 0) is 4.79 Å². The number of likely N-dealkylation sites (tertiary alicyclic amines) is 1. The molecule has 0 saturated carbocycles. The molecule has 1 amide bonds. The van der Waals surface area contributed by atoms with E-state index in [0.29, 0.717) is 22.9 Å². The summed E-state index contributed by atoms with van der Waals surface area (Å²) in [6.45, 7) is 10.2. The minimum absolute atomic E-state index is 0.0825. The van der Waals surface area contributed by atoms with E-state index in [1.807, 2.05) is 12.1 Å². The zero-order valence-electron chi connectivity index (χ0n) is 19.6. The lowest BCUT2D eigenvalue weighted by Gasteiger charge is -2.42. The van der Waals surface area contributed by atoms with Crippen LogP contribution in [0.3, 0.4) is 0 Å². The molecule has 2 aliphatic rings. The molecule has 32 heavy (non-hydrogen) atoms. The van der Waals surface area contributed by atoms with Gasteiger partial charge in [0, 0.05) is 36.9 Å². The predicted molar refractivity (Wildman–Crippen MR) is 126 cm³/mol. The van der Waals surface area contributed by atoms with Crippen molar-refractivity contribution in [2.24, 2.45) is 17.3 Å². The second-order valence-corrected chi connectivity index (χ2v) is 10.2. The molecule has 4 rings (SSSR count).